The number of hydrogen-bond acceptors (Lipinski definition) is 5. The molecule has 94 valence electrons. The fraction of sp³-hybridized carbons (Fsp3) is 0.250. The summed E-state index contributed by atoms with van der Waals surface area (Å²) in [5, 5.41) is 13.4. The fourth-order valence-corrected chi connectivity index (χ4v) is 2.16. The highest BCUT2D eigenvalue weighted by molar-refractivity contribution is 7.07. The molecule has 0 aliphatic rings. The van der Waals surface area contributed by atoms with Gasteiger partial charge in [0.05, 0.1) is 12.2 Å². The van der Waals surface area contributed by atoms with Crippen molar-refractivity contribution < 1.29 is 9.90 Å². The molecule has 2 rings (SSSR count). The number of benzene rings is 1. The Morgan fingerprint density at radius 1 is 1.44 bits per heavy atom. The molecule has 1 aromatic carbocycles. The van der Waals surface area contributed by atoms with Gasteiger partial charge in [-0.25, -0.2) is 0 Å². The number of para-hydroxylation sites is 1. The van der Waals surface area contributed by atoms with E-state index in [1.165, 1.54) is 6.20 Å². The van der Waals surface area contributed by atoms with E-state index in [1.807, 2.05) is 13.0 Å². The van der Waals surface area contributed by atoms with E-state index in [9.17, 15) is 9.90 Å². The Balaban J connectivity index is 2.22. The van der Waals surface area contributed by atoms with Gasteiger partial charge >= 0.3 is 0 Å². The zero-order valence-corrected chi connectivity index (χ0v) is 10.9. The average molecular weight is 263 g/mol. The van der Waals surface area contributed by atoms with Gasteiger partial charge in [0.25, 0.3) is 5.91 Å². The van der Waals surface area contributed by atoms with E-state index in [4.69, 9.17) is 0 Å². The molecule has 1 aromatic heterocycles. The van der Waals surface area contributed by atoms with Gasteiger partial charge in [0.2, 0.25) is 0 Å². The molecule has 2 aromatic rings. The first kappa shape index (κ1) is 12.5. The molecular weight excluding hydrogens is 250 g/mol. The van der Waals surface area contributed by atoms with E-state index in [-0.39, 0.29) is 17.7 Å². The van der Waals surface area contributed by atoms with Crippen molar-refractivity contribution in [2.24, 2.45) is 0 Å². The van der Waals surface area contributed by atoms with Crippen molar-refractivity contribution in [2.45, 2.75) is 13.0 Å². The molecule has 0 fully saturated rings. The van der Waals surface area contributed by atoms with Crippen LogP contribution in [-0.4, -0.2) is 32.5 Å². The summed E-state index contributed by atoms with van der Waals surface area (Å²) >= 11 is 1.06. The van der Waals surface area contributed by atoms with Crippen LogP contribution in [0.5, 0.6) is 5.75 Å². The summed E-state index contributed by atoms with van der Waals surface area (Å²) in [6, 6.07) is 6.77. The van der Waals surface area contributed by atoms with E-state index in [2.05, 4.69) is 9.59 Å². The van der Waals surface area contributed by atoms with Crippen LogP contribution in [0.3, 0.4) is 0 Å². The standard InChI is InChI=1S/C12H13N3O2S/c1-8(9-5-3-4-6-10(9)16)15(2)12(17)11-7-13-14-18-11/h3-8,16H,1-2H3. The molecule has 0 spiro atoms. The molecule has 0 saturated carbocycles. The summed E-state index contributed by atoms with van der Waals surface area (Å²) in [6.07, 6.45) is 1.45. The molecule has 0 radical (unpaired) electrons. The highest BCUT2D eigenvalue weighted by atomic mass is 32.1. The first-order chi connectivity index (χ1) is 8.61. The number of carbonyl (C=O) groups excluding carboxylic acids is 1. The van der Waals surface area contributed by atoms with Gasteiger partial charge in [0.1, 0.15) is 10.6 Å². The van der Waals surface area contributed by atoms with Crippen LogP contribution in [0.4, 0.5) is 0 Å². The van der Waals surface area contributed by atoms with Crippen LogP contribution in [0.25, 0.3) is 0 Å². The third-order valence-corrected chi connectivity index (χ3v) is 3.51. The lowest BCUT2D eigenvalue weighted by molar-refractivity contribution is 0.0746. The molecule has 1 amide bonds. The van der Waals surface area contributed by atoms with Crippen molar-refractivity contribution in [3.05, 3.63) is 40.9 Å². The largest absolute Gasteiger partial charge is 0.508 e. The zero-order chi connectivity index (χ0) is 13.1. The highest BCUT2D eigenvalue weighted by Gasteiger charge is 2.22. The lowest BCUT2D eigenvalue weighted by Crippen LogP contribution is -2.29. The van der Waals surface area contributed by atoms with Crippen LogP contribution in [-0.2, 0) is 0 Å². The predicted octanol–water partition coefficient (Wildman–Crippen LogP) is 2.08. The molecular formula is C12H13N3O2S. The Hall–Kier alpha value is -1.95. The topological polar surface area (TPSA) is 66.3 Å². The lowest BCUT2D eigenvalue weighted by Gasteiger charge is -2.25. The van der Waals surface area contributed by atoms with E-state index in [0.717, 1.165) is 11.5 Å². The van der Waals surface area contributed by atoms with Crippen LogP contribution in [0, 0.1) is 0 Å². The Morgan fingerprint density at radius 3 is 2.78 bits per heavy atom. The number of phenolic OH excluding ortho intramolecular Hbond substituents is 1. The summed E-state index contributed by atoms with van der Waals surface area (Å²) in [4.78, 5) is 14.2. The van der Waals surface area contributed by atoms with Crippen LogP contribution < -0.4 is 0 Å². The third-order valence-electron chi connectivity index (χ3n) is 2.86. The number of hydrogen-bond donors (Lipinski definition) is 1. The minimum absolute atomic E-state index is 0.152. The van der Waals surface area contributed by atoms with Gasteiger partial charge in [-0.1, -0.05) is 22.7 Å². The minimum atomic E-state index is -0.221. The minimum Gasteiger partial charge on any atom is -0.508 e. The van der Waals surface area contributed by atoms with Crippen molar-refractivity contribution in [1.29, 1.82) is 0 Å². The second kappa shape index (κ2) is 5.14. The smallest absolute Gasteiger partial charge is 0.267 e. The van der Waals surface area contributed by atoms with E-state index < -0.39 is 0 Å². The average Bonchev–Trinajstić information content (AvgIpc) is 2.90. The van der Waals surface area contributed by atoms with Gasteiger partial charge in [-0.3, -0.25) is 4.79 Å². The summed E-state index contributed by atoms with van der Waals surface area (Å²) < 4.78 is 3.67. The SMILES string of the molecule is CC(c1ccccc1O)N(C)C(=O)c1cnns1. The van der Waals surface area contributed by atoms with Crippen LogP contribution in [0.15, 0.2) is 30.5 Å². The molecule has 0 saturated heterocycles. The van der Waals surface area contributed by atoms with Gasteiger partial charge in [-0.2, -0.15) is 0 Å². The van der Waals surface area contributed by atoms with Gasteiger partial charge in [-0.15, -0.1) is 5.10 Å². The van der Waals surface area contributed by atoms with Gasteiger partial charge in [-0.05, 0) is 24.5 Å². The number of amides is 1. The Kier molecular flexibility index (Phi) is 3.57. The van der Waals surface area contributed by atoms with Gasteiger partial charge in [0.15, 0.2) is 0 Å². The number of aromatic nitrogens is 2. The molecule has 0 bridgehead atoms. The number of phenols is 1. The fourth-order valence-electron chi connectivity index (χ4n) is 1.66. The summed E-state index contributed by atoms with van der Waals surface area (Å²) in [7, 11) is 1.69. The Morgan fingerprint density at radius 2 is 2.17 bits per heavy atom. The number of carbonyl (C=O) groups is 1. The molecule has 1 atom stereocenters. The van der Waals surface area contributed by atoms with Crippen LogP contribution >= 0.6 is 11.5 Å². The normalized spacial score (nSPS) is 12.1. The van der Waals surface area contributed by atoms with E-state index in [1.54, 1.807) is 30.1 Å². The molecule has 18 heavy (non-hydrogen) atoms. The van der Waals surface area contributed by atoms with Crippen LogP contribution in [0.2, 0.25) is 0 Å². The zero-order valence-electron chi connectivity index (χ0n) is 10.1. The maximum absolute atomic E-state index is 12.1. The Labute approximate surface area is 109 Å². The number of rotatable bonds is 3. The maximum Gasteiger partial charge on any atom is 0.267 e. The summed E-state index contributed by atoms with van der Waals surface area (Å²) in [6.45, 7) is 1.86. The quantitative estimate of drug-likeness (QED) is 0.920. The molecule has 1 heterocycles. The molecule has 1 unspecified atom stereocenters. The first-order valence-corrected chi connectivity index (χ1v) is 6.21. The van der Waals surface area contributed by atoms with E-state index >= 15 is 0 Å². The third kappa shape index (κ3) is 2.33. The molecule has 0 aliphatic heterocycles. The van der Waals surface area contributed by atoms with Crippen molar-refractivity contribution >= 4 is 17.4 Å². The first-order valence-electron chi connectivity index (χ1n) is 5.43. The molecule has 0 aliphatic carbocycles. The lowest BCUT2D eigenvalue weighted by atomic mass is 10.1. The predicted molar refractivity (Wildman–Crippen MR) is 68.5 cm³/mol. The number of aromatic hydroxyl groups is 1. The number of nitrogens with zero attached hydrogens (tertiary/aromatic N) is 3. The van der Waals surface area contributed by atoms with E-state index in [0.29, 0.717) is 10.4 Å². The Bertz CT molecular complexity index is 542. The van der Waals surface area contributed by atoms with Crippen molar-refractivity contribution in [1.82, 2.24) is 14.5 Å². The van der Waals surface area contributed by atoms with Gasteiger partial charge in [0, 0.05) is 12.6 Å². The van der Waals surface area contributed by atoms with Crippen molar-refractivity contribution in [3.63, 3.8) is 0 Å². The van der Waals surface area contributed by atoms with Crippen molar-refractivity contribution in [2.75, 3.05) is 7.05 Å². The second-order valence-electron chi connectivity index (χ2n) is 3.93. The monoisotopic (exact) mass is 263 g/mol. The maximum atomic E-state index is 12.1. The molecule has 6 heteroatoms. The highest BCUT2D eigenvalue weighted by Crippen LogP contribution is 2.28. The molecule has 1 N–H and O–H groups in total. The second-order valence-corrected chi connectivity index (χ2v) is 4.72. The summed E-state index contributed by atoms with van der Waals surface area (Å²) in [5.74, 6) is 0.0350. The molecule has 5 nitrogen and oxygen atoms in total. The van der Waals surface area contributed by atoms with Crippen LogP contribution in [0.1, 0.15) is 28.2 Å². The van der Waals surface area contributed by atoms with Gasteiger partial charge < -0.3 is 10.0 Å². The summed E-state index contributed by atoms with van der Waals surface area (Å²) in [5.41, 5.74) is 0.714. The van der Waals surface area contributed by atoms with Crippen molar-refractivity contribution in [3.8, 4) is 5.75 Å².